The lowest BCUT2D eigenvalue weighted by atomic mass is 10.2. The molecule has 0 amide bonds. The van der Waals surface area contributed by atoms with Gasteiger partial charge in [0.25, 0.3) is 0 Å². The second-order valence-electron chi connectivity index (χ2n) is 1.84. The van der Waals surface area contributed by atoms with E-state index in [0.29, 0.717) is 0 Å². The average molecular weight is 150 g/mol. The van der Waals surface area contributed by atoms with Crippen LogP contribution < -0.4 is 5.32 Å². The predicted octanol–water partition coefficient (Wildman–Crippen LogP) is 1.74. The summed E-state index contributed by atoms with van der Waals surface area (Å²) in [5, 5.41) is 2.83. The zero-order chi connectivity index (χ0) is 7.23. The minimum Gasteiger partial charge on any atom is -0.373 e. The van der Waals surface area contributed by atoms with Crippen LogP contribution in [0.25, 0.3) is 0 Å². The van der Waals surface area contributed by atoms with E-state index in [2.05, 4.69) is 17.5 Å². The third-order valence-electron chi connectivity index (χ3n) is 1.12. The van der Waals surface area contributed by atoms with Gasteiger partial charge in [-0.15, -0.1) is 0 Å². The summed E-state index contributed by atoms with van der Waals surface area (Å²) in [7, 11) is 0. The Kier molecular flexibility index (Phi) is 2.90. The first-order valence-corrected chi connectivity index (χ1v) is 3.48. The second kappa shape index (κ2) is 4.01. The lowest BCUT2D eigenvalue weighted by molar-refractivity contribution is 1.19. The molecule has 0 fully saturated rings. The zero-order valence-electron chi connectivity index (χ0n) is 5.45. The molecular weight excluding hydrogens is 142 g/mol. The van der Waals surface area contributed by atoms with Crippen LogP contribution in [0.2, 0.25) is 0 Å². The molecule has 1 aromatic rings. The molecule has 0 bridgehead atoms. The van der Waals surface area contributed by atoms with Crippen LogP contribution in [0.1, 0.15) is 5.56 Å². The van der Waals surface area contributed by atoms with Gasteiger partial charge in [0.15, 0.2) is 0 Å². The molecule has 0 spiro atoms. The minimum atomic E-state index is 1.13. The Labute approximate surface area is 66.1 Å². The van der Waals surface area contributed by atoms with Crippen LogP contribution in [0.4, 0.5) is 0 Å². The maximum atomic E-state index is 4.58. The molecular formula is C8H8NS. The van der Waals surface area contributed by atoms with E-state index in [1.54, 1.807) is 0 Å². The van der Waals surface area contributed by atoms with Crippen molar-refractivity contribution in [1.29, 1.82) is 0 Å². The predicted molar refractivity (Wildman–Crippen MR) is 46.6 cm³/mol. The molecule has 1 rings (SSSR count). The van der Waals surface area contributed by atoms with Crippen LogP contribution in [-0.2, 0) is 0 Å². The largest absolute Gasteiger partial charge is 0.373 e. The molecule has 0 aromatic heterocycles. The lowest BCUT2D eigenvalue weighted by Gasteiger charge is -1.96. The fourth-order valence-corrected chi connectivity index (χ4v) is 0.748. The molecule has 1 N–H and O–H groups in total. The Morgan fingerprint density at radius 3 is 2.50 bits per heavy atom. The summed E-state index contributed by atoms with van der Waals surface area (Å²) in [6, 6.07) is 9.96. The first kappa shape index (κ1) is 7.22. The monoisotopic (exact) mass is 150 g/mol. The smallest absolute Gasteiger partial charge is 0.0759 e. The van der Waals surface area contributed by atoms with E-state index in [1.807, 2.05) is 36.9 Å². The Balaban J connectivity index is 2.50. The van der Waals surface area contributed by atoms with Gasteiger partial charge in [-0.1, -0.05) is 42.5 Å². The van der Waals surface area contributed by atoms with Gasteiger partial charge in [0.05, 0.1) is 12.0 Å². The molecule has 10 heavy (non-hydrogen) atoms. The van der Waals surface area contributed by atoms with E-state index in [1.165, 1.54) is 5.49 Å². The maximum absolute atomic E-state index is 4.58. The molecule has 0 unspecified atom stereocenters. The van der Waals surface area contributed by atoms with Gasteiger partial charge >= 0.3 is 0 Å². The molecule has 0 aliphatic heterocycles. The molecule has 0 heterocycles. The van der Waals surface area contributed by atoms with Gasteiger partial charge in [0, 0.05) is 0 Å². The van der Waals surface area contributed by atoms with Gasteiger partial charge in [0.1, 0.15) is 0 Å². The van der Waals surface area contributed by atoms with Crippen molar-refractivity contribution >= 4 is 17.7 Å². The third-order valence-corrected chi connectivity index (χ3v) is 1.25. The fourth-order valence-electron chi connectivity index (χ4n) is 0.680. The van der Waals surface area contributed by atoms with E-state index in [0.717, 1.165) is 5.56 Å². The molecule has 51 valence electrons. The zero-order valence-corrected chi connectivity index (χ0v) is 6.27. The van der Waals surface area contributed by atoms with E-state index in [-0.39, 0.29) is 0 Å². The number of rotatable bonds is 3. The molecule has 1 nitrogen and oxygen atoms in total. The molecule has 0 atom stereocenters. The van der Waals surface area contributed by atoms with Gasteiger partial charge in [-0.05, 0) is 5.56 Å². The first-order chi connectivity index (χ1) is 4.93. The molecule has 0 aliphatic rings. The molecule has 1 aromatic carbocycles. The highest BCUT2D eigenvalue weighted by molar-refractivity contribution is 7.78. The molecule has 0 saturated carbocycles. The fraction of sp³-hybridized carbons (Fsp3) is 0. The van der Waals surface area contributed by atoms with Crippen molar-refractivity contribution in [2.75, 3.05) is 0 Å². The summed E-state index contributed by atoms with van der Waals surface area (Å²) < 4.78 is 0. The summed E-state index contributed by atoms with van der Waals surface area (Å²) in [6.45, 7) is 1.85. The minimum absolute atomic E-state index is 1.13. The molecule has 0 saturated heterocycles. The summed E-state index contributed by atoms with van der Waals surface area (Å²) >= 11 is 4.58. The van der Waals surface area contributed by atoms with Crippen molar-refractivity contribution in [1.82, 2.24) is 5.32 Å². The highest BCUT2D eigenvalue weighted by Gasteiger charge is 1.85. The van der Waals surface area contributed by atoms with Crippen LogP contribution in [0.15, 0.2) is 30.3 Å². The van der Waals surface area contributed by atoms with Crippen molar-refractivity contribution in [2.45, 2.75) is 0 Å². The number of hydrogen-bond donors (Lipinski definition) is 1. The summed E-state index contributed by atoms with van der Waals surface area (Å²) in [5.41, 5.74) is 2.61. The van der Waals surface area contributed by atoms with Gasteiger partial charge in [0.2, 0.25) is 0 Å². The van der Waals surface area contributed by atoms with Crippen molar-refractivity contribution in [3.8, 4) is 0 Å². The van der Waals surface area contributed by atoms with Crippen molar-refractivity contribution in [3.05, 3.63) is 42.4 Å². The third kappa shape index (κ3) is 2.15. The molecule has 0 aliphatic carbocycles. The van der Waals surface area contributed by atoms with Crippen LogP contribution in [0.3, 0.4) is 0 Å². The van der Waals surface area contributed by atoms with Gasteiger partial charge in [-0.2, -0.15) is 0 Å². The Bertz CT molecular complexity index is 196. The summed E-state index contributed by atoms with van der Waals surface area (Å²) in [6.07, 6.45) is 0. The van der Waals surface area contributed by atoms with Crippen LogP contribution in [-0.4, -0.2) is 5.49 Å². The normalized spacial score (nSPS) is 8.80. The van der Waals surface area contributed by atoms with Crippen molar-refractivity contribution < 1.29 is 0 Å². The SMILES string of the molecule is S=CN[CH]c1ccccc1. The number of thiocarbonyl (C=S) groups is 1. The number of nitrogens with one attached hydrogen (secondary N) is 1. The van der Waals surface area contributed by atoms with Gasteiger partial charge < -0.3 is 5.32 Å². The van der Waals surface area contributed by atoms with Crippen LogP contribution in [0, 0.1) is 6.54 Å². The van der Waals surface area contributed by atoms with E-state index in [9.17, 15) is 0 Å². The standard InChI is InChI=1S/C8H8NS/c10-7-9-6-8-4-2-1-3-5-8/h1-7H,(H,9,10). The van der Waals surface area contributed by atoms with Gasteiger partial charge in [-0.3, -0.25) is 0 Å². The van der Waals surface area contributed by atoms with Gasteiger partial charge in [-0.25, -0.2) is 0 Å². The molecule has 2 heteroatoms. The average Bonchev–Trinajstić information content (AvgIpc) is 2.03. The highest BCUT2D eigenvalue weighted by atomic mass is 32.1. The quantitative estimate of drug-likeness (QED) is 0.659. The lowest BCUT2D eigenvalue weighted by Crippen LogP contribution is -2.04. The topological polar surface area (TPSA) is 12.0 Å². The molecule has 1 radical (unpaired) electrons. The van der Waals surface area contributed by atoms with Crippen LogP contribution in [0.5, 0.6) is 0 Å². The Hall–Kier alpha value is -0.890. The number of benzene rings is 1. The first-order valence-electron chi connectivity index (χ1n) is 3.01. The second-order valence-corrected chi connectivity index (χ2v) is 2.08. The van der Waals surface area contributed by atoms with Crippen LogP contribution >= 0.6 is 12.2 Å². The van der Waals surface area contributed by atoms with Crippen molar-refractivity contribution in [2.24, 2.45) is 0 Å². The highest BCUT2D eigenvalue weighted by Crippen LogP contribution is 1.97. The van der Waals surface area contributed by atoms with E-state index in [4.69, 9.17) is 0 Å². The van der Waals surface area contributed by atoms with Crippen molar-refractivity contribution in [3.63, 3.8) is 0 Å². The number of hydrogen-bond acceptors (Lipinski definition) is 1. The summed E-state index contributed by atoms with van der Waals surface area (Å²) in [4.78, 5) is 0. The Morgan fingerprint density at radius 1 is 1.20 bits per heavy atom. The maximum Gasteiger partial charge on any atom is 0.0759 e. The Morgan fingerprint density at radius 2 is 1.90 bits per heavy atom. The summed E-state index contributed by atoms with van der Waals surface area (Å²) in [5.74, 6) is 0. The van der Waals surface area contributed by atoms with E-state index >= 15 is 0 Å². The van der Waals surface area contributed by atoms with E-state index < -0.39 is 0 Å².